The second-order valence-corrected chi connectivity index (χ2v) is 4.74. The Labute approximate surface area is 150 Å². The third kappa shape index (κ3) is 9.94. The lowest BCUT2D eigenvalue weighted by Gasteiger charge is -2.27. The summed E-state index contributed by atoms with van der Waals surface area (Å²) in [6, 6.07) is 7.17. The van der Waals surface area contributed by atoms with Crippen LogP contribution >= 0.6 is 0 Å². The van der Waals surface area contributed by atoms with E-state index >= 15 is 0 Å². The van der Waals surface area contributed by atoms with Gasteiger partial charge in [0.15, 0.2) is 0 Å². The van der Waals surface area contributed by atoms with Crippen LogP contribution in [0, 0.1) is 0 Å². The molecule has 0 atom stereocenters. The van der Waals surface area contributed by atoms with Gasteiger partial charge in [0.1, 0.15) is 11.5 Å². The van der Waals surface area contributed by atoms with Crippen molar-refractivity contribution in [2.45, 2.75) is 67.7 Å². The van der Waals surface area contributed by atoms with Gasteiger partial charge in [-0.25, -0.2) is 0 Å². The molecule has 0 bridgehead atoms. The molecule has 0 fully saturated rings. The molecule has 0 amide bonds. The molecule has 1 rings (SSSR count). The summed E-state index contributed by atoms with van der Waals surface area (Å²) >= 11 is 0. The molecule has 0 aliphatic carbocycles. The van der Waals surface area contributed by atoms with Crippen LogP contribution in [0.5, 0.6) is 5.75 Å². The van der Waals surface area contributed by atoms with E-state index in [0.717, 1.165) is 11.1 Å². The molecule has 0 aromatic heterocycles. The summed E-state index contributed by atoms with van der Waals surface area (Å²) in [6.45, 7) is 21.6. The van der Waals surface area contributed by atoms with Crippen LogP contribution in [-0.2, 0) is 5.41 Å². The first-order valence-corrected chi connectivity index (χ1v) is 8.90. The maximum absolute atomic E-state index is 9.32. The van der Waals surface area contributed by atoms with Crippen molar-refractivity contribution in [3.8, 4) is 5.75 Å². The highest BCUT2D eigenvalue weighted by molar-refractivity contribution is 5.42. The molecule has 0 spiro atoms. The van der Waals surface area contributed by atoms with Crippen LogP contribution < -0.4 is 0 Å². The van der Waals surface area contributed by atoms with Gasteiger partial charge >= 0.3 is 0 Å². The number of aliphatic hydroxyl groups excluding tert-OH is 1. The smallest absolute Gasteiger partial charge is 0.115 e. The summed E-state index contributed by atoms with van der Waals surface area (Å²) in [5.41, 5.74) is 1.97. The molecule has 0 radical (unpaired) electrons. The second-order valence-electron chi connectivity index (χ2n) is 4.74. The Morgan fingerprint density at radius 3 is 1.67 bits per heavy atom. The van der Waals surface area contributed by atoms with Crippen molar-refractivity contribution in [1.29, 1.82) is 0 Å². The van der Waals surface area contributed by atoms with Crippen molar-refractivity contribution in [1.82, 2.24) is 0 Å². The lowest BCUT2D eigenvalue weighted by molar-refractivity contribution is 0.435. The average Bonchev–Trinajstić information content (AvgIpc) is 2.60. The van der Waals surface area contributed by atoms with Gasteiger partial charge in [0.25, 0.3) is 0 Å². The van der Waals surface area contributed by atoms with E-state index in [0.29, 0.717) is 0 Å². The fraction of sp³-hybridized carbons (Fsp3) is 0.455. The quantitative estimate of drug-likeness (QED) is 0.447. The fourth-order valence-electron chi connectivity index (χ4n) is 1.90. The molecular formula is C22H38O2. The Morgan fingerprint density at radius 1 is 0.917 bits per heavy atom. The number of aliphatic hydroxyl groups is 1. The second kappa shape index (κ2) is 15.9. The summed E-state index contributed by atoms with van der Waals surface area (Å²) in [4.78, 5) is 0. The molecule has 0 saturated heterocycles. The van der Waals surface area contributed by atoms with E-state index in [-0.39, 0.29) is 16.9 Å². The Hall–Kier alpha value is -1.96. The predicted molar refractivity (Wildman–Crippen MR) is 110 cm³/mol. The van der Waals surface area contributed by atoms with Gasteiger partial charge in [-0.1, -0.05) is 86.3 Å². The molecule has 2 nitrogen and oxygen atoms in total. The van der Waals surface area contributed by atoms with E-state index in [1.807, 2.05) is 72.8 Å². The maximum atomic E-state index is 9.32. The van der Waals surface area contributed by atoms with Crippen molar-refractivity contribution in [2.24, 2.45) is 0 Å². The number of rotatable bonds is 4. The summed E-state index contributed by atoms with van der Waals surface area (Å²) in [6.07, 6.45) is 5.44. The van der Waals surface area contributed by atoms with Crippen molar-refractivity contribution in [2.75, 3.05) is 0 Å². The third-order valence-electron chi connectivity index (χ3n) is 3.08. The highest BCUT2D eigenvalue weighted by atomic mass is 16.3. The summed E-state index contributed by atoms with van der Waals surface area (Å²) in [5, 5.41) is 18.4. The molecule has 138 valence electrons. The van der Waals surface area contributed by atoms with E-state index < -0.39 is 0 Å². The summed E-state index contributed by atoms with van der Waals surface area (Å²) < 4.78 is 0. The van der Waals surface area contributed by atoms with Gasteiger partial charge in [-0.15, -0.1) is 0 Å². The van der Waals surface area contributed by atoms with Crippen molar-refractivity contribution in [3.05, 3.63) is 66.0 Å². The van der Waals surface area contributed by atoms with Crippen LogP contribution in [0.25, 0.3) is 0 Å². The molecule has 0 aliphatic rings. The van der Waals surface area contributed by atoms with Crippen LogP contribution in [-0.4, -0.2) is 10.2 Å². The number of allylic oxidation sites excluding steroid dienone is 4. The molecule has 2 heteroatoms. The van der Waals surface area contributed by atoms with Gasteiger partial charge < -0.3 is 10.2 Å². The number of phenols is 1. The van der Waals surface area contributed by atoms with Gasteiger partial charge in [-0.05, 0) is 36.3 Å². The monoisotopic (exact) mass is 334 g/mol. The van der Waals surface area contributed by atoms with E-state index in [4.69, 9.17) is 5.11 Å². The van der Waals surface area contributed by atoms with Crippen LogP contribution in [0.15, 0.2) is 60.4 Å². The molecule has 0 heterocycles. The first kappa shape index (κ1) is 26.9. The molecule has 0 unspecified atom stereocenters. The largest absolute Gasteiger partial charge is 0.509 e. The Morgan fingerprint density at radius 2 is 1.33 bits per heavy atom. The number of hydrogen-bond acceptors (Lipinski definition) is 2. The van der Waals surface area contributed by atoms with E-state index in [2.05, 4.69) is 20.4 Å². The zero-order chi connectivity index (χ0) is 19.8. The molecule has 1 aromatic rings. The number of benzene rings is 1. The van der Waals surface area contributed by atoms with Crippen LogP contribution in [0.3, 0.4) is 0 Å². The van der Waals surface area contributed by atoms with Crippen molar-refractivity contribution in [3.63, 3.8) is 0 Å². The minimum Gasteiger partial charge on any atom is -0.509 e. The Kier molecular flexibility index (Phi) is 17.8. The average molecular weight is 335 g/mol. The zero-order valence-corrected chi connectivity index (χ0v) is 17.1. The first-order chi connectivity index (χ1) is 11.4. The zero-order valence-electron chi connectivity index (χ0n) is 17.1. The fourth-order valence-corrected chi connectivity index (χ4v) is 1.90. The van der Waals surface area contributed by atoms with Gasteiger partial charge in [-0.2, -0.15) is 0 Å². The highest BCUT2D eigenvalue weighted by Gasteiger charge is 2.23. The summed E-state index contributed by atoms with van der Waals surface area (Å²) in [7, 11) is 0. The third-order valence-corrected chi connectivity index (χ3v) is 3.08. The van der Waals surface area contributed by atoms with Crippen LogP contribution in [0.2, 0.25) is 0 Å². The number of aromatic hydroxyl groups is 1. The lowest BCUT2D eigenvalue weighted by atomic mass is 9.77. The predicted octanol–water partition coefficient (Wildman–Crippen LogP) is 7.32. The molecule has 0 aliphatic heterocycles. The molecule has 1 aromatic carbocycles. The van der Waals surface area contributed by atoms with Gasteiger partial charge in [0, 0.05) is 5.41 Å². The van der Waals surface area contributed by atoms with Gasteiger partial charge in [-0.3, -0.25) is 0 Å². The van der Waals surface area contributed by atoms with Crippen LogP contribution in [0.1, 0.15) is 67.9 Å². The Bertz CT molecular complexity index is 477. The van der Waals surface area contributed by atoms with Gasteiger partial charge in [0.05, 0.1) is 0 Å². The standard InChI is InChI=1S/C16H20O2.3C2H6/c1-5-13(7-6-12(2)17)16(3,4)14-8-10-15(18)11-9-14;3*1-2/h5-11,17-18H,2H2,1,3-4H3;3*1-2H3/b7-6-,13-5+;;;. The number of phenolic OH excluding ortho intramolecular Hbond substituents is 1. The number of hydrogen-bond donors (Lipinski definition) is 2. The van der Waals surface area contributed by atoms with Crippen molar-refractivity contribution < 1.29 is 10.2 Å². The Balaban J connectivity index is -0.000000659. The highest BCUT2D eigenvalue weighted by Crippen LogP contribution is 2.33. The maximum Gasteiger partial charge on any atom is 0.115 e. The van der Waals surface area contributed by atoms with E-state index in [9.17, 15) is 5.11 Å². The molecule has 2 N–H and O–H groups in total. The summed E-state index contributed by atoms with van der Waals surface area (Å²) in [5.74, 6) is 0.298. The van der Waals surface area contributed by atoms with Gasteiger partial charge in [0.2, 0.25) is 0 Å². The molecule has 0 saturated carbocycles. The van der Waals surface area contributed by atoms with E-state index in [1.54, 1.807) is 18.2 Å². The topological polar surface area (TPSA) is 40.5 Å². The molecule has 24 heavy (non-hydrogen) atoms. The van der Waals surface area contributed by atoms with Crippen LogP contribution in [0.4, 0.5) is 0 Å². The SMILES string of the molecule is C=C(O)/C=C\C(=C/C)C(C)(C)c1ccc(O)cc1.CC.CC.CC. The normalized spacial score (nSPS) is 10.5. The van der Waals surface area contributed by atoms with E-state index in [1.165, 1.54) is 0 Å². The molecular weight excluding hydrogens is 296 g/mol. The minimum atomic E-state index is -0.200. The first-order valence-electron chi connectivity index (χ1n) is 8.90. The van der Waals surface area contributed by atoms with Crippen molar-refractivity contribution >= 4 is 0 Å². The minimum absolute atomic E-state index is 0.0378. The lowest BCUT2D eigenvalue weighted by Crippen LogP contribution is -2.19.